The lowest BCUT2D eigenvalue weighted by Crippen LogP contribution is -2.35. The molecule has 1 N–H and O–H groups in total. The van der Waals surface area contributed by atoms with Crippen molar-refractivity contribution in [3.8, 4) is 5.75 Å². The van der Waals surface area contributed by atoms with Gasteiger partial charge in [0.15, 0.2) is 0 Å². The number of hydrogen-bond acceptors (Lipinski definition) is 4. The number of ether oxygens (including phenoxy) is 2. The average Bonchev–Trinajstić information content (AvgIpc) is 3.27. The predicted octanol–water partition coefficient (Wildman–Crippen LogP) is 2.26. The van der Waals surface area contributed by atoms with Crippen LogP contribution in [0.4, 0.5) is 0 Å². The number of aromatic nitrogens is 2. The monoisotopic (exact) mass is 329 g/mol. The van der Waals surface area contributed by atoms with Crippen molar-refractivity contribution in [1.29, 1.82) is 0 Å². The van der Waals surface area contributed by atoms with E-state index in [0.29, 0.717) is 18.7 Å². The fourth-order valence-corrected chi connectivity index (χ4v) is 2.73. The van der Waals surface area contributed by atoms with Crippen molar-refractivity contribution >= 4 is 5.91 Å². The van der Waals surface area contributed by atoms with Crippen LogP contribution in [0.25, 0.3) is 0 Å². The number of carbonyl (C=O) groups is 1. The summed E-state index contributed by atoms with van der Waals surface area (Å²) < 4.78 is 13.2. The van der Waals surface area contributed by atoms with Gasteiger partial charge in [0.1, 0.15) is 12.4 Å². The van der Waals surface area contributed by atoms with Gasteiger partial charge in [0.2, 0.25) is 0 Å². The van der Waals surface area contributed by atoms with Gasteiger partial charge in [0, 0.05) is 37.2 Å². The van der Waals surface area contributed by atoms with Crippen LogP contribution in [-0.4, -0.2) is 40.8 Å². The molecule has 0 saturated carbocycles. The molecule has 1 fully saturated rings. The Morgan fingerprint density at radius 2 is 2.29 bits per heavy atom. The zero-order valence-corrected chi connectivity index (χ0v) is 13.9. The van der Waals surface area contributed by atoms with Gasteiger partial charge < -0.3 is 19.4 Å². The smallest absolute Gasteiger partial charge is 0.251 e. The lowest BCUT2D eigenvalue weighted by atomic mass is 10.2. The maximum atomic E-state index is 12.3. The molecule has 0 aliphatic carbocycles. The molecule has 6 nitrogen and oxygen atoms in total. The standard InChI is InChI=1S/C18H23N3O3/c1-14(11-21-9-8-19-13-21)20-18(22)15-4-6-16(7-5-15)24-12-17-3-2-10-23-17/h4-9,13-14,17H,2-3,10-12H2,1H3,(H,20,22)/t14-,17-/m1/s1. The molecule has 2 heterocycles. The van der Waals surface area contributed by atoms with Crippen molar-refractivity contribution in [2.75, 3.05) is 13.2 Å². The van der Waals surface area contributed by atoms with Gasteiger partial charge in [-0.3, -0.25) is 4.79 Å². The molecule has 1 saturated heterocycles. The zero-order valence-electron chi connectivity index (χ0n) is 13.9. The van der Waals surface area contributed by atoms with E-state index < -0.39 is 0 Å². The van der Waals surface area contributed by atoms with Crippen LogP contribution in [0.1, 0.15) is 30.1 Å². The van der Waals surface area contributed by atoms with Crippen LogP contribution in [-0.2, 0) is 11.3 Å². The fourth-order valence-electron chi connectivity index (χ4n) is 2.73. The Balaban J connectivity index is 1.47. The summed E-state index contributed by atoms with van der Waals surface area (Å²) in [5.41, 5.74) is 0.622. The molecule has 6 heteroatoms. The highest BCUT2D eigenvalue weighted by molar-refractivity contribution is 5.94. The van der Waals surface area contributed by atoms with E-state index in [2.05, 4.69) is 10.3 Å². The molecule has 2 aromatic rings. The van der Waals surface area contributed by atoms with Crippen LogP contribution in [0, 0.1) is 0 Å². The molecule has 3 rings (SSSR count). The van der Waals surface area contributed by atoms with Gasteiger partial charge in [-0.15, -0.1) is 0 Å². The van der Waals surface area contributed by atoms with E-state index >= 15 is 0 Å². The molecular weight excluding hydrogens is 306 g/mol. The molecule has 1 aromatic heterocycles. The van der Waals surface area contributed by atoms with Crippen LogP contribution in [0.15, 0.2) is 43.0 Å². The van der Waals surface area contributed by atoms with Crippen molar-refractivity contribution in [2.45, 2.75) is 38.5 Å². The average molecular weight is 329 g/mol. The maximum Gasteiger partial charge on any atom is 0.251 e. The summed E-state index contributed by atoms with van der Waals surface area (Å²) in [6.45, 7) is 4.04. The predicted molar refractivity (Wildman–Crippen MR) is 90.1 cm³/mol. The molecule has 2 atom stereocenters. The summed E-state index contributed by atoms with van der Waals surface area (Å²) in [4.78, 5) is 16.3. The quantitative estimate of drug-likeness (QED) is 0.846. The van der Waals surface area contributed by atoms with Crippen LogP contribution in [0.5, 0.6) is 5.75 Å². The zero-order chi connectivity index (χ0) is 16.8. The molecule has 1 aliphatic heterocycles. The molecule has 0 unspecified atom stereocenters. The van der Waals surface area contributed by atoms with E-state index in [1.165, 1.54) is 0 Å². The molecule has 1 aromatic carbocycles. The topological polar surface area (TPSA) is 65.4 Å². The molecule has 1 aliphatic rings. The number of rotatable bonds is 7. The highest BCUT2D eigenvalue weighted by Crippen LogP contribution is 2.16. The third-order valence-electron chi connectivity index (χ3n) is 4.00. The van der Waals surface area contributed by atoms with E-state index in [-0.39, 0.29) is 18.1 Å². The summed E-state index contributed by atoms with van der Waals surface area (Å²) in [6, 6.07) is 7.23. The van der Waals surface area contributed by atoms with Crippen molar-refractivity contribution in [1.82, 2.24) is 14.9 Å². The van der Waals surface area contributed by atoms with Gasteiger partial charge in [-0.25, -0.2) is 4.98 Å². The van der Waals surface area contributed by atoms with Gasteiger partial charge in [-0.05, 0) is 44.0 Å². The molecule has 0 radical (unpaired) electrons. The third-order valence-corrected chi connectivity index (χ3v) is 4.00. The normalized spacial score (nSPS) is 18.3. The minimum Gasteiger partial charge on any atom is -0.491 e. The van der Waals surface area contributed by atoms with Crippen LogP contribution in [0.3, 0.4) is 0 Å². The number of benzene rings is 1. The Bertz CT molecular complexity index is 634. The highest BCUT2D eigenvalue weighted by Gasteiger charge is 2.16. The van der Waals surface area contributed by atoms with E-state index in [1.807, 2.05) is 29.8 Å². The molecule has 1 amide bonds. The maximum absolute atomic E-state index is 12.3. The number of imidazole rings is 1. The second kappa shape index (κ2) is 7.97. The molecule has 0 spiro atoms. The van der Waals surface area contributed by atoms with Gasteiger partial charge in [0.05, 0.1) is 12.4 Å². The fraction of sp³-hybridized carbons (Fsp3) is 0.444. The summed E-state index contributed by atoms with van der Waals surface area (Å²) in [5, 5.41) is 2.98. The van der Waals surface area contributed by atoms with Gasteiger partial charge >= 0.3 is 0 Å². The van der Waals surface area contributed by atoms with E-state index in [0.717, 1.165) is 25.2 Å². The first kappa shape index (κ1) is 16.5. The SMILES string of the molecule is C[C@H](Cn1ccnc1)NC(=O)c1ccc(OC[C@H]2CCCO2)cc1. The second-order valence-corrected chi connectivity index (χ2v) is 6.10. The highest BCUT2D eigenvalue weighted by atomic mass is 16.5. The lowest BCUT2D eigenvalue weighted by Gasteiger charge is -2.15. The molecule has 24 heavy (non-hydrogen) atoms. The number of nitrogens with one attached hydrogen (secondary N) is 1. The molecule has 0 bridgehead atoms. The lowest BCUT2D eigenvalue weighted by molar-refractivity contribution is 0.0679. The summed E-state index contributed by atoms with van der Waals surface area (Å²) >= 11 is 0. The number of hydrogen-bond donors (Lipinski definition) is 1. The first-order valence-corrected chi connectivity index (χ1v) is 8.32. The third kappa shape index (κ3) is 4.58. The number of amides is 1. The Kier molecular flexibility index (Phi) is 5.48. The molecule has 128 valence electrons. The van der Waals surface area contributed by atoms with Crippen molar-refractivity contribution in [3.05, 3.63) is 48.5 Å². The minimum atomic E-state index is -0.0895. The largest absolute Gasteiger partial charge is 0.491 e. The number of carbonyl (C=O) groups excluding carboxylic acids is 1. The Labute approximate surface area is 141 Å². The van der Waals surface area contributed by atoms with Crippen LogP contribution in [0.2, 0.25) is 0 Å². The van der Waals surface area contributed by atoms with Gasteiger partial charge in [-0.2, -0.15) is 0 Å². The Morgan fingerprint density at radius 3 is 2.96 bits per heavy atom. The van der Waals surface area contributed by atoms with E-state index in [4.69, 9.17) is 9.47 Å². The van der Waals surface area contributed by atoms with Crippen LogP contribution < -0.4 is 10.1 Å². The number of nitrogens with zero attached hydrogens (tertiary/aromatic N) is 2. The molecular formula is C18H23N3O3. The Morgan fingerprint density at radius 1 is 1.46 bits per heavy atom. The van der Waals surface area contributed by atoms with Crippen molar-refractivity contribution in [3.63, 3.8) is 0 Å². The summed E-state index contributed by atoms with van der Waals surface area (Å²) in [7, 11) is 0. The first-order valence-electron chi connectivity index (χ1n) is 8.32. The second-order valence-electron chi connectivity index (χ2n) is 6.10. The van der Waals surface area contributed by atoms with Crippen LogP contribution >= 0.6 is 0 Å². The first-order chi connectivity index (χ1) is 11.7. The minimum absolute atomic E-state index is 0.0159. The van der Waals surface area contributed by atoms with E-state index in [1.54, 1.807) is 24.7 Å². The summed E-state index contributed by atoms with van der Waals surface area (Å²) in [5.74, 6) is 0.668. The van der Waals surface area contributed by atoms with E-state index in [9.17, 15) is 4.79 Å². The summed E-state index contributed by atoms with van der Waals surface area (Å²) in [6.07, 6.45) is 7.69. The van der Waals surface area contributed by atoms with Crippen molar-refractivity contribution in [2.24, 2.45) is 0 Å². The van der Waals surface area contributed by atoms with Gasteiger partial charge in [0.25, 0.3) is 5.91 Å². The van der Waals surface area contributed by atoms with Crippen molar-refractivity contribution < 1.29 is 14.3 Å². The van der Waals surface area contributed by atoms with Gasteiger partial charge in [-0.1, -0.05) is 0 Å². The Hall–Kier alpha value is -2.34.